The number of likely N-dealkylation sites (N-methyl/N-ethyl adjacent to an activating group) is 1. The van der Waals surface area contributed by atoms with E-state index in [-0.39, 0.29) is 12.3 Å². The largest absolute Gasteiger partial charge is 0.495 e. The highest BCUT2D eigenvalue weighted by Crippen LogP contribution is 2.26. The number of carbonyl (C=O) groups is 1. The zero-order valence-electron chi connectivity index (χ0n) is 14.2. The second-order valence-corrected chi connectivity index (χ2v) is 5.14. The molecule has 0 unspecified atom stereocenters. The molecule has 1 aliphatic carbocycles. The van der Waals surface area contributed by atoms with E-state index < -0.39 is 0 Å². The van der Waals surface area contributed by atoms with E-state index in [0.29, 0.717) is 41.7 Å². The normalized spacial score (nSPS) is 14.0. The number of nitrogens with zero attached hydrogens (tertiary/aromatic N) is 3. The van der Waals surface area contributed by atoms with Crippen LogP contribution in [0.5, 0.6) is 0 Å². The summed E-state index contributed by atoms with van der Waals surface area (Å²) < 4.78 is 11.2. The van der Waals surface area contributed by atoms with Crippen LogP contribution in [0.25, 0.3) is 5.53 Å². The zero-order chi connectivity index (χ0) is 17.5. The fourth-order valence-electron chi connectivity index (χ4n) is 2.45. The van der Waals surface area contributed by atoms with Crippen molar-refractivity contribution in [1.29, 1.82) is 0 Å². The van der Waals surface area contributed by atoms with Gasteiger partial charge in [0.1, 0.15) is 12.2 Å². The lowest BCUT2D eigenvalue weighted by Crippen LogP contribution is -2.30. The molecule has 1 amide bonds. The molecule has 0 saturated carbocycles. The van der Waals surface area contributed by atoms with Crippen molar-refractivity contribution >= 4 is 11.6 Å². The summed E-state index contributed by atoms with van der Waals surface area (Å²) in [6.45, 7) is 4.58. The lowest BCUT2D eigenvalue weighted by atomic mass is 10.0. The highest BCUT2D eigenvalue weighted by molar-refractivity contribution is 5.99. The third-order valence-electron chi connectivity index (χ3n) is 3.59. The van der Waals surface area contributed by atoms with Crippen LogP contribution in [0.4, 0.5) is 0 Å². The molecule has 0 spiro atoms. The van der Waals surface area contributed by atoms with Crippen LogP contribution < -0.4 is 0 Å². The molecule has 126 valence electrons. The Morgan fingerprint density at radius 1 is 1.21 bits per heavy atom. The molecule has 1 aromatic carbocycles. The predicted octanol–water partition coefficient (Wildman–Crippen LogP) is 3.00. The Hall–Kier alpha value is -2.85. The van der Waals surface area contributed by atoms with Crippen LogP contribution in [-0.4, -0.2) is 41.6 Å². The molecular formula is C18H21N3O3. The van der Waals surface area contributed by atoms with Gasteiger partial charge in [-0.15, -0.1) is 0 Å². The number of amides is 1. The molecule has 0 bridgehead atoms. The third kappa shape index (κ3) is 3.73. The van der Waals surface area contributed by atoms with E-state index in [1.54, 1.807) is 25.3 Å². The lowest BCUT2D eigenvalue weighted by Gasteiger charge is -2.24. The van der Waals surface area contributed by atoms with Crippen LogP contribution in [0.3, 0.4) is 0 Å². The maximum absolute atomic E-state index is 12.7. The molecule has 0 aliphatic heterocycles. The van der Waals surface area contributed by atoms with Gasteiger partial charge in [0.25, 0.3) is 5.91 Å². The van der Waals surface area contributed by atoms with E-state index >= 15 is 0 Å². The first-order chi connectivity index (χ1) is 11.6. The summed E-state index contributed by atoms with van der Waals surface area (Å²) in [6.07, 6.45) is 1.94. The second kappa shape index (κ2) is 8.13. The van der Waals surface area contributed by atoms with Crippen molar-refractivity contribution in [3.63, 3.8) is 0 Å². The maximum atomic E-state index is 12.7. The third-order valence-corrected chi connectivity index (χ3v) is 3.59. The van der Waals surface area contributed by atoms with Gasteiger partial charge in [0.05, 0.1) is 18.9 Å². The summed E-state index contributed by atoms with van der Waals surface area (Å²) in [5.41, 5.74) is 10.8. The van der Waals surface area contributed by atoms with Crippen molar-refractivity contribution in [2.45, 2.75) is 20.3 Å². The number of ether oxygens (including phenoxy) is 2. The topological polar surface area (TPSA) is 75.2 Å². The summed E-state index contributed by atoms with van der Waals surface area (Å²) in [6, 6.07) is 9.02. The summed E-state index contributed by atoms with van der Waals surface area (Å²) >= 11 is 0. The zero-order valence-corrected chi connectivity index (χ0v) is 14.2. The Balaban J connectivity index is 2.42. The molecule has 0 heterocycles. The van der Waals surface area contributed by atoms with Gasteiger partial charge in [0.2, 0.25) is 5.76 Å². The number of rotatable bonds is 6. The Morgan fingerprint density at radius 3 is 2.46 bits per heavy atom. The van der Waals surface area contributed by atoms with Crippen molar-refractivity contribution in [2.24, 2.45) is 0 Å². The average Bonchev–Trinajstić information content (AvgIpc) is 2.62. The van der Waals surface area contributed by atoms with E-state index in [2.05, 4.69) is 4.79 Å². The Bertz CT molecular complexity index is 716. The summed E-state index contributed by atoms with van der Waals surface area (Å²) in [4.78, 5) is 17.5. The molecule has 1 aromatic rings. The van der Waals surface area contributed by atoms with Gasteiger partial charge in [-0.25, -0.2) is 0 Å². The minimum Gasteiger partial charge on any atom is -0.495 e. The minimum atomic E-state index is -0.153. The van der Waals surface area contributed by atoms with Gasteiger partial charge in [-0.3, -0.25) is 4.79 Å². The summed E-state index contributed by atoms with van der Waals surface area (Å²) in [5, 5.41) is 0. The van der Waals surface area contributed by atoms with Gasteiger partial charge in [-0.2, -0.15) is 4.79 Å². The molecule has 0 atom stereocenters. The van der Waals surface area contributed by atoms with Gasteiger partial charge in [0, 0.05) is 18.7 Å². The Morgan fingerprint density at radius 2 is 1.88 bits per heavy atom. The van der Waals surface area contributed by atoms with E-state index in [9.17, 15) is 10.3 Å². The quantitative estimate of drug-likeness (QED) is 0.595. The summed E-state index contributed by atoms with van der Waals surface area (Å²) in [5.74, 6) is 0.853. The molecule has 2 rings (SSSR count). The Kier molecular flexibility index (Phi) is 5.93. The standard InChI is InChI=1S/C18H21N3O3/c1-4-23-16-12-15(17(24-5-2)11-14(16)20-19)21(3)18(22)13-9-7-6-8-10-13/h6-10,12H,4-5,11H2,1-3H3. The monoisotopic (exact) mass is 327 g/mol. The van der Waals surface area contributed by atoms with E-state index in [4.69, 9.17) is 9.47 Å². The van der Waals surface area contributed by atoms with Crippen LogP contribution in [0.1, 0.15) is 30.6 Å². The van der Waals surface area contributed by atoms with Gasteiger partial charge < -0.3 is 19.9 Å². The molecule has 0 fully saturated rings. The number of benzene rings is 1. The number of hydrogen-bond acceptors (Lipinski definition) is 3. The van der Waals surface area contributed by atoms with E-state index in [1.807, 2.05) is 32.0 Å². The van der Waals surface area contributed by atoms with E-state index in [1.165, 1.54) is 4.90 Å². The van der Waals surface area contributed by atoms with Crippen LogP contribution in [-0.2, 0) is 9.47 Å². The predicted molar refractivity (Wildman–Crippen MR) is 90.1 cm³/mol. The Labute approximate surface area is 141 Å². The fourth-order valence-corrected chi connectivity index (χ4v) is 2.45. The highest BCUT2D eigenvalue weighted by atomic mass is 16.5. The van der Waals surface area contributed by atoms with Gasteiger partial charge in [-0.05, 0) is 26.0 Å². The highest BCUT2D eigenvalue weighted by Gasteiger charge is 2.31. The van der Waals surface area contributed by atoms with Gasteiger partial charge in [0.15, 0.2) is 0 Å². The molecule has 0 N–H and O–H groups in total. The molecule has 0 saturated heterocycles. The molecule has 24 heavy (non-hydrogen) atoms. The van der Waals surface area contributed by atoms with Crippen LogP contribution in [0.2, 0.25) is 0 Å². The first kappa shape index (κ1) is 17.5. The first-order valence-corrected chi connectivity index (χ1v) is 7.87. The second-order valence-electron chi connectivity index (χ2n) is 5.14. The van der Waals surface area contributed by atoms with Crippen LogP contribution in [0.15, 0.2) is 53.6 Å². The molecule has 0 radical (unpaired) electrons. The number of carbonyl (C=O) groups excluding carboxylic acids is 1. The van der Waals surface area contributed by atoms with Gasteiger partial charge >= 0.3 is 5.71 Å². The van der Waals surface area contributed by atoms with Crippen molar-refractivity contribution in [2.75, 3.05) is 20.3 Å². The maximum Gasteiger partial charge on any atom is 0.341 e. The fraction of sp³-hybridized carbons (Fsp3) is 0.333. The molecule has 0 aromatic heterocycles. The van der Waals surface area contributed by atoms with Crippen molar-refractivity contribution in [3.05, 3.63) is 64.7 Å². The van der Waals surface area contributed by atoms with Crippen LogP contribution >= 0.6 is 0 Å². The molecule has 6 heteroatoms. The average molecular weight is 327 g/mol. The van der Waals surface area contributed by atoms with Crippen molar-refractivity contribution < 1.29 is 19.1 Å². The van der Waals surface area contributed by atoms with Crippen molar-refractivity contribution in [1.82, 2.24) is 4.90 Å². The molecule has 1 aliphatic rings. The van der Waals surface area contributed by atoms with E-state index in [0.717, 1.165) is 0 Å². The number of allylic oxidation sites excluding steroid dienone is 3. The number of hydrogen-bond donors (Lipinski definition) is 0. The lowest BCUT2D eigenvalue weighted by molar-refractivity contribution is -0.0137. The summed E-state index contributed by atoms with van der Waals surface area (Å²) in [7, 11) is 1.69. The van der Waals surface area contributed by atoms with Gasteiger partial charge in [-0.1, -0.05) is 18.2 Å². The van der Waals surface area contributed by atoms with Crippen molar-refractivity contribution in [3.8, 4) is 0 Å². The SMILES string of the molecule is CCOC1=CC(N(C)C(=O)c2ccccc2)=C(OCC)CC1=[N+]=[N-]. The first-order valence-electron chi connectivity index (χ1n) is 7.87. The minimum absolute atomic E-state index is 0.153. The van der Waals surface area contributed by atoms with Crippen LogP contribution in [0, 0.1) is 0 Å². The molecular weight excluding hydrogens is 306 g/mol. The smallest absolute Gasteiger partial charge is 0.341 e. The molecule has 6 nitrogen and oxygen atoms in total.